The van der Waals surface area contributed by atoms with Crippen molar-refractivity contribution in [1.82, 2.24) is 24.6 Å². The van der Waals surface area contributed by atoms with Gasteiger partial charge in [-0.25, -0.2) is 19.3 Å². The third-order valence-corrected chi connectivity index (χ3v) is 6.89. The summed E-state index contributed by atoms with van der Waals surface area (Å²) in [5.41, 5.74) is 4.23. The van der Waals surface area contributed by atoms with Crippen LogP contribution in [0.15, 0.2) is 48.8 Å². The maximum absolute atomic E-state index is 13.7. The summed E-state index contributed by atoms with van der Waals surface area (Å²) in [7, 11) is 0. The van der Waals surface area contributed by atoms with E-state index in [2.05, 4.69) is 15.2 Å². The molecule has 7 nitrogen and oxygen atoms in total. The van der Waals surface area contributed by atoms with Crippen LogP contribution >= 0.6 is 0 Å². The Bertz CT molecular complexity index is 1290. The fraction of sp³-hybridized carbons (Fsp3) is 0.385. The van der Waals surface area contributed by atoms with E-state index in [4.69, 9.17) is 15.1 Å². The van der Waals surface area contributed by atoms with Gasteiger partial charge in [0.2, 0.25) is 11.9 Å². The summed E-state index contributed by atoms with van der Waals surface area (Å²) in [6.45, 7) is 1.94. The number of nitrogens with zero attached hydrogens (tertiary/aromatic N) is 6. The number of hydrogen-bond donors (Lipinski definition) is 1. The zero-order valence-corrected chi connectivity index (χ0v) is 19.1. The van der Waals surface area contributed by atoms with Gasteiger partial charge in [0.1, 0.15) is 11.5 Å². The SMILES string of the molecule is Fc1ccc(-c2nn3c(N4CCCCC4)nccc3c2-c2ccnc(NC3CCCC3)n2)cc1. The van der Waals surface area contributed by atoms with Crippen molar-refractivity contribution in [2.45, 2.75) is 51.0 Å². The molecule has 1 aliphatic heterocycles. The standard InChI is InChI=1S/C26H28FN7/c27-19-10-8-18(9-11-19)24-23(21-12-14-28-25(31-21)30-20-6-2-3-7-20)22-13-15-29-26(34(22)32-24)33-16-4-1-5-17-33/h8-15,20H,1-7,16-17H2,(H,28,30,31). The van der Waals surface area contributed by atoms with Crippen molar-refractivity contribution >= 4 is 17.4 Å². The minimum atomic E-state index is -0.269. The Morgan fingerprint density at radius 2 is 1.62 bits per heavy atom. The average molecular weight is 458 g/mol. The molecular formula is C26H28FN7. The molecule has 0 spiro atoms. The van der Waals surface area contributed by atoms with Gasteiger partial charge in [0.05, 0.1) is 16.8 Å². The first kappa shape index (κ1) is 21.0. The molecule has 174 valence electrons. The van der Waals surface area contributed by atoms with Crippen LogP contribution in [0.2, 0.25) is 0 Å². The van der Waals surface area contributed by atoms with E-state index in [1.165, 1.54) is 31.4 Å². The quantitative estimate of drug-likeness (QED) is 0.436. The van der Waals surface area contributed by atoms with Crippen LogP contribution in [0.4, 0.5) is 16.3 Å². The monoisotopic (exact) mass is 457 g/mol. The number of hydrogen-bond acceptors (Lipinski definition) is 6. The molecule has 4 heterocycles. The first-order chi connectivity index (χ1) is 16.8. The third-order valence-electron chi connectivity index (χ3n) is 6.89. The van der Waals surface area contributed by atoms with Crippen molar-refractivity contribution in [2.24, 2.45) is 0 Å². The molecule has 1 aliphatic carbocycles. The van der Waals surface area contributed by atoms with Crippen molar-refractivity contribution in [3.63, 3.8) is 0 Å². The topological polar surface area (TPSA) is 71.2 Å². The predicted octanol–water partition coefficient (Wildman–Crippen LogP) is 5.34. The molecule has 0 unspecified atom stereocenters. The fourth-order valence-corrected chi connectivity index (χ4v) is 5.16. The summed E-state index contributed by atoms with van der Waals surface area (Å²) in [5.74, 6) is 1.21. The number of halogens is 1. The van der Waals surface area contributed by atoms with Crippen molar-refractivity contribution in [3.8, 4) is 22.5 Å². The Morgan fingerprint density at radius 1 is 0.853 bits per heavy atom. The van der Waals surface area contributed by atoms with E-state index in [9.17, 15) is 4.39 Å². The molecule has 3 aromatic heterocycles. The Labute approximate surface area is 198 Å². The first-order valence-electron chi connectivity index (χ1n) is 12.2. The molecule has 0 radical (unpaired) electrons. The minimum absolute atomic E-state index is 0.269. The molecule has 6 rings (SSSR count). The number of anilines is 2. The molecule has 0 bridgehead atoms. The van der Waals surface area contributed by atoms with Gasteiger partial charge in [0.15, 0.2) is 0 Å². The number of nitrogens with one attached hydrogen (secondary N) is 1. The van der Waals surface area contributed by atoms with Crippen molar-refractivity contribution in [3.05, 3.63) is 54.6 Å². The highest BCUT2D eigenvalue weighted by Crippen LogP contribution is 2.36. The van der Waals surface area contributed by atoms with Gasteiger partial charge < -0.3 is 10.2 Å². The Hall–Kier alpha value is -3.55. The van der Waals surface area contributed by atoms with E-state index < -0.39 is 0 Å². The van der Waals surface area contributed by atoms with Gasteiger partial charge in [-0.05, 0) is 68.5 Å². The van der Waals surface area contributed by atoms with Gasteiger partial charge >= 0.3 is 0 Å². The van der Waals surface area contributed by atoms with Crippen LogP contribution in [0.3, 0.4) is 0 Å². The third kappa shape index (κ3) is 3.97. The molecular weight excluding hydrogens is 429 g/mol. The lowest BCUT2D eigenvalue weighted by Crippen LogP contribution is -2.32. The molecule has 1 saturated heterocycles. The fourth-order valence-electron chi connectivity index (χ4n) is 5.16. The number of aromatic nitrogens is 5. The first-order valence-corrected chi connectivity index (χ1v) is 12.2. The van der Waals surface area contributed by atoms with Crippen molar-refractivity contribution in [1.29, 1.82) is 0 Å². The van der Waals surface area contributed by atoms with Crippen LogP contribution in [-0.2, 0) is 0 Å². The van der Waals surface area contributed by atoms with Crippen LogP contribution < -0.4 is 10.2 Å². The second kappa shape index (κ2) is 9.00. The molecule has 0 amide bonds. The Kier molecular flexibility index (Phi) is 5.57. The highest BCUT2D eigenvalue weighted by atomic mass is 19.1. The largest absolute Gasteiger partial charge is 0.351 e. The number of piperidine rings is 1. The van der Waals surface area contributed by atoms with E-state index in [0.29, 0.717) is 12.0 Å². The molecule has 1 N–H and O–H groups in total. The highest BCUT2D eigenvalue weighted by Gasteiger charge is 2.23. The van der Waals surface area contributed by atoms with Gasteiger partial charge in [-0.1, -0.05) is 12.8 Å². The van der Waals surface area contributed by atoms with Crippen molar-refractivity contribution < 1.29 is 4.39 Å². The van der Waals surface area contributed by atoms with Gasteiger partial charge in [-0.3, -0.25) is 0 Å². The van der Waals surface area contributed by atoms with Gasteiger partial charge in [-0.15, -0.1) is 0 Å². The molecule has 2 fully saturated rings. The normalized spacial score (nSPS) is 16.9. The lowest BCUT2D eigenvalue weighted by Gasteiger charge is -2.27. The average Bonchev–Trinajstić information content (AvgIpc) is 3.53. The molecule has 2 aliphatic rings. The summed E-state index contributed by atoms with van der Waals surface area (Å²) in [6.07, 6.45) is 12.0. The lowest BCUT2D eigenvalue weighted by atomic mass is 10.0. The Morgan fingerprint density at radius 3 is 2.41 bits per heavy atom. The summed E-state index contributed by atoms with van der Waals surface area (Å²) < 4.78 is 15.6. The number of rotatable bonds is 5. The molecule has 4 aromatic rings. The van der Waals surface area contributed by atoms with Gasteiger partial charge in [-0.2, -0.15) is 9.61 Å². The molecule has 1 aromatic carbocycles. The summed E-state index contributed by atoms with van der Waals surface area (Å²) in [5, 5.41) is 8.51. The van der Waals surface area contributed by atoms with E-state index >= 15 is 0 Å². The number of fused-ring (bicyclic) bond motifs is 1. The zero-order chi connectivity index (χ0) is 22.9. The second-order valence-corrected chi connectivity index (χ2v) is 9.21. The maximum atomic E-state index is 13.7. The predicted molar refractivity (Wildman–Crippen MR) is 131 cm³/mol. The van der Waals surface area contributed by atoms with Crippen LogP contribution in [0, 0.1) is 5.82 Å². The van der Waals surface area contributed by atoms with Crippen LogP contribution in [-0.4, -0.2) is 43.7 Å². The zero-order valence-electron chi connectivity index (χ0n) is 19.1. The summed E-state index contributed by atoms with van der Waals surface area (Å²) in [4.78, 5) is 16.4. The van der Waals surface area contributed by atoms with Gasteiger partial charge in [0.25, 0.3) is 0 Å². The van der Waals surface area contributed by atoms with E-state index in [-0.39, 0.29) is 5.82 Å². The van der Waals surface area contributed by atoms with Crippen LogP contribution in [0.25, 0.3) is 28.0 Å². The Balaban J connectivity index is 1.50. The van der Waals surface area contributed by atoms with Crippen molar-refractivity contribution in [2.75, 3.05) is 23.3 Å². The summed E-state index contributed by atoms with van der Waals surface area (Å²) in [6, 6.07) is 10.8. The van der Waals surface area contributed by atoms with Crippen LogP contribution in [0.5, 0.6) is 0 Å². The highest BCUT2D eigenvalue weighted by molar-refractivity contribution is 5.91. The molecule has 34 heavy (non-hydrogen) atoms. The van der Waals surface area contributed by atoms with Crippen LogP contribution in [0.1, 0.15) is 44.9 Å². The smallest absolute Gasteiger partial charge is 0.227 e. The molecule has 1 saturated carbocycles. The summed E-state index contributed by atoms with van der Waals surface area (Å²) >= 11 is 0. The van der Waals surface area contributed by atoms with E-state index in [1.54, 1.807) is 18.3 Å². The molecule has 0 atom stereocenters. The van der Waals surface area contributed by atoms with E-state index in [0.717, 1.165) is 72.8 Å². The minimum Gasteiger partial charge on any atom is -0.351 e. The van der Waals surface area contributed by atoms with E-state index in [1.807, 2.05) is 22.8 Å². The number of benzene rings is 1. The maximum Gasteiger partial charge on any atom is 0.227 e. The molecule has 8 heteroatoms. The van der Waals surface area contributed by atoms with Gasteiger partial charge in [0, 0.05) is 37.1 Å². The lowest BCUT2D eigenvalue weighted by molar-refractivity contribution is 0.562. The second-order valence-electron chi connectivity index (χ2n) is 9.21.